The molecule has 9 heteroatoms. The number of hydrogen-bond acceptors (Lipinski definition) is 6. The smallest absolute Gasteiger partial charge is 0.227 e. The Morgan fingerprint density at radius 3 is 2.89 bits per heavy atom. The molecule has 4 aromatic rings. The minimum absolute atomic E-state index is 0.0884. The highest BCUT2D eigenvalue weighted by Crippen LogP contribution is 2.19. The van der Waals surface area contributed by atoms with Crippen molar-refractivity contribution < 1.29 is 9.32 Å². The van der Waals surface area contributed by atoms with Gasteiger partial charge in [-0.25, -0.2) is 4.68 Å². The van der Waals surface area contributed by atoms with Crippen LogP contribution in [-0.4, -0.2) is 25.8 Å². The molecule has 0 atom stereocenters. The first kappa shape index (κ1) is 18.4. The number of hydrogen-bond donors (Lipinski definition) is 1. The van der Waals surface area contributed by atoms with Gasteiger partial charge in [0.05, 0.1) is 11.9 Å². The van der Waals surface area contributed by atoms with Crippen molar-refractivity contribution in [3.05, 3.63) is 70.0 Å². The van der Waals surface area contributed by atoms with Crippen LogP contribution in [0.3, 0.4) is 0 Å². The number of rotatable bonds is 7. The van der Waals surface area contributed by atoms with Crippen LogP contribution >= 0.6 is 22.9 Å². The quantitative estimate of drug-likeness (QED) is 0.496. The summed E-state index contributed by atoms with van der Waals surface area (Å²) in [5.41, 5.74) is 2.72. The second-order valence-corrected chi connectivity index (χ2v) is 7.29. The van der Waals surface area contributed by atoms with Crippen molar-refractivity contribution in [2.24, 2.45) is 0 Å². The maximum absolute atomic E-state index is 12.1. The minimum Gasteiger partial charge on any atom is -0.352 e. The molecule has 0 bridgehead atoms. The Balaban J connectivity index is 1.26. The summed E-state index contributed by atoms with van der Waals surface area (Å²) >= 11 is 7.47. The number of aromatic nitrogens is 4. The summed E-state index contributed by atoms with van der Waals surface area (Å²) in [7, 11) is 0. The van der Waals surface area contributed by atoms with Crippen LogP contribution in [0, 0.1) is 0 Å². The molecular formula is C19H16ClN5O2S. The lowest BCUT2D eigenvalue weighted by Gasteiger charge is -2.02. The largest absolute Gasteiger partial charge is 0.352 e. The highest BCUT2D eigenvalue weighted by atomic mass is 35.5. The van der Waals surface area contributed by atoms with E-state index in [2.05, 4.69) is 20.6 Å². The third kappa shape index (κ3) is 4.47. The lowest BCUT2D eigenvalue weighted by atomic mass is 10.2. The third-order valence-electron chi connectivity index (χ3n) is 4.03. The van der Waals surface area contributed by atoms with Crippen molar-refractivity contribution in [2.45, 2.75) is 19.4 Å². The maximum atomic E-state index is 12.1. The number of nitrogens with one attached hydrogen (secondary N) is 1. The number of halogens is 1. The standard InChI is InChI=1S/C19H16ClN5O2S/c20-15-1-3-16(4-2-15)25-11-13(10-22-25)9-21-17(26)5-6-18-23-19(24-27-18)14-7-8-28-12-14/h1-4,7-8,10-12H,5-6,9H2,(H,21,26). The van der Waals surface area contributed by atoms with Gasteiger partial charge in [-0.3, -0.25) is 4.79 Å². The highest BCUT2D eigenvalue weighted by Gasteiger charge is 2.11. The Labute approximate surface area is 170 Å². The summed E-state index contributed by atoms with van der Waals surface area (Å²) in [6.45, 7) is 0.399. The monoisotopic (exact) mass is 413 g/mol. The van der Waals surface area contributed by atoms with Crippen molar-refractivity contribution in [3.8, 4) is 17.1 Å². The van der Waals surface area contributed by atoms with Crippen LogP contribution in [0.1, 0.15) is 17.9 Å². The molecule has 1 aromatic carbocycles. The minimum atomic E-state index is -0.0884. The van der Waals surface area contributed by atoms with Crippen LogP contribution in [-0.2, 0) is 17.8 Å². The molecule has 0 saturated carbocycles. The predicted molar refractivity (Wildman–Crippen MR) is 106 cm³/mol. The van der Waals surface area contributed by atoms with Crippen molar-refractivity contribution in [1.82, 2.24) is 25.2 Å². The molecule has 0 saturated heterocycles. The van der Waals surface area contributed by atoms with E-state index in [4.69, 9.17) is 16.1 Å². The van der Waals surface area contributed by atoms with Crippen LogP contribution in [0.5, 0.6) is 0 Å². The van der Waals surface area contributed by atoms with Crippen molar-refractivity contribution in [3.63, 3.8) is 0 Å². The highest BCUT2D eigenvalue weighted by molar-refractivity contribution is 7.08. The molecule has 0 unspecified atom stereocenters. The molecule has 0 aliphatic carbocycles. The normalized spacial score (nSPS) is 10.9. The molecule has 0 spiro atoms. The zero-order valence-electron chi connectivity index (χ0n) is 14.7. The molecule has 0 fully saturated rings. The number of nitrogens with zero attached hydrogens (tertiary/aromatic N) is 4. The third-order valence-corrected chi connectivity index (χ3v) is 4.97. The summed E-state index contributed by atoms with van der Waals surface area (Å²) in [4.78, 5) is 16.4. The van der Waals surface area contributed by atoms with Gasteiger partial charge in [-0.1, -0.05) is 16.8 Å². The molecule has 4 rings (SSSR count). The Bertz CT molecular complexity index is 1060. The van der Waals surface area contributed by atoms with Gasteiger partial charge in [-0.05, 0) is 35.7 Å². The fraction of sp³-hybridized carbons (Fsp3) is 0.158. The van der Waals surface area contributed by atoms with Crippen LogP contribution in [0.25, 0.3) is 17.1 Å². The fourth-order valence-electron chi connectivity index (χ4n) is 2.56. The molecule has 0 aliphatic heterocycles. The number of amides is 1. The van der Waals surface area contributed by atoms with Crippen LogP contribution in [0.15, 0.2) is 58.0 Å². The SMILES string of the molecule is O=C(CCc1nc(-c2ccsc2)no1)NCc1cnn(-c2ccc(Cl)cc2)c1. The van der Waals surface area contributed by atoms with E-state index in [0.29, 0.717) is 29.7 Å². The average Bonchev–Trinajstić information content (AvgIpc) is 3.46. The fourth-order valence-corrected chi connectivity index (χ4v) is 3.32. The molecule has 28 heavy (non-hydrogen) atoms. The zero-order chi connectivity index (χ0) is 19.3. The van der Waals surface area contributed by atoms with Gasteiger partial charge in [0.1, 0.15) is 0 Å². The van der Waals surface area contributed by atoms with Gasteiger partial charge in [0.15, 0.2) is 0 Å². The lowest BCUT2D eigenvalue weighted by Crippen LogP contribution is -2.22. The molecular weight excluding hydrogens is 398 g/mol. The molecule has 7 nitrogen and oxygen atoms in total. The van der Waals surface area contributed by atoms with Crippen molar-refractivity contribution in [2.75, 3.05) is 0 Å². The van der Waals surface area contributed by atoms with E-state index in [1.54, 1.807) is 34.3 Å². The first-order valence-electron chi connectivity index (χ1n) is 8.59. The van der Waals surface area contributed by atoms with Crippen LogP contribution in [0.2, 0.25) is 5.02 Å². The number of benzene rings is 1. The second kappa shape index (κ2) is 8.37. The van der Waals surface area contributed by atoms with Crippen molar-refractivity contribution >= 4 is 28.8 Å². The van der Waals surface area contributed by atoms with E-state index in [1.165, 1.54) is 0 Å². The number of aryl methyl sites for hydroxylation is 1. The van der Waals surface area contributed by atoms with Gasteiger partial charge in [0.2, 0.25) is 17.6 Å². The molecule has 142 valence electrons. The Morgan fingerprint density at radius 1 is 1.25 bits per heavy atom. The van der Waals surface area contributed by atoms with Gasteiger partial charge in [-0.15, -0.1) is 0 Å². The maximum Gasteiger partial charge on any atom is 0.227 e. The molecule has 0 radical (unpaired) electrons. The summed E-state index contributed by atoms with van der Waals surface area (Å²) < 4.78 is 6.94. The molecule has 1 amide bonds. The molecule has 3 aromatic heterocycles. The second-order valence-electron chi connectivity index (χ2n) is 6.07. The Kier molecular flexibility index (Phi) is 5.50. The van der Waals surface area contributed by atoms with E-state index >= 15 is 0 Å². The van der Waals surface area contributed by atoms with Gasteiger partial charge in [0.25, 0.3) is 0 Å². The molecule has 1 N–H and O–H groups in total. The predicted octanol–water partition coefficient (Wildman–Crippen LogP) is 3.89. The van der Waals surface area contributed by atoms with Crippen LogP contribution in [0.4, 0.5) is 0 Å². The first-order valence-corrected chi connectivity index (χ1v) is 9.91. The summed E-state index contributed by atoms with van der Waals surface area (Å²) in [5, 5.41) is 15.7. The van der Waals surface area contributed by atoms with Gasteiger partial charge in [-0.2, -0.15) is 21.4 Å². The van der Waals surface area contributed by atoms with Crippen molar-refractivity contribution in [1.29, 1.82) is 0 Å². The van der Waals surface area contributed by atoms with E-state index in [1.807, 2.05) is 35.2 Å². The number of carbonyl (C=O) groups excluding carboxylic acids is 1. The summed E-state index contributed by atoms with van der Waals surface area (Å²) in [6, 6.07) is 9.30. The first-order chi connectivity index (χ1) is 13.7. The van der Waals surface area contributed by atoms with E-state index in [9.17, 15) is 4.79 Å². The topological polar surface area (TPSA) is 85.8 Å². The van der Waals surface area contributed by atoms with E-state index in [0.717, 1.165) is 16.8 Å². The lowest BCUT2D eigenvalue weighted by molar-refractivity contribution is -0.121. The Morgan fingerprint density at radius 2 is 2.11 bits per heavy atom. The molecule has 3 heterocycles. The number of thiophene rings is 1. The van der Waals surface area contributed by atoms with Gasteiger partial charge in [0, 0.05) is 47.1 Å². The number of carbonyl (C=O) groups is 1. The van der Waals surface area contributed by atoms with Crippen LogP contribution < -0.4 is 5.32 Å². The van der Waals surface area contributed by atoms with Gasteiger partial charge < -0.3 is 9.84 Å². The van der Waals surface area contributed by atoms with Gasteiger partial charge >= 0.3 is 0 Å². The van der Waals surface area contributed by atoms with E-state index in [-0.39, 0.29) is 12.3 Å². The molecule has 0 aliphatic rings. The summed E-state index contributed by atoms with van der Waals surface area (Å²) in [6.07, 6.45) is 4.26. The summed E-state index contributed by atoms with van der Waals surface area (Å²) in [5.74, 6) is 0.910. The Hall–Kier alpha value is -2.97. The van der Waals surface area contributed by atoms with E-state index < -0.39 is 0 Å². The average molecular weight is 414 g/mol. The zero-order valence-corrected chi connectivity index (χ0v) is 16.3.